The molecule has 26 heavy (non-hydrogen) atoms. The lowest BCUT2D eigenvalue weighted by atomic mass is 9.92. The number of carbonyl (C=O) groups excluding carboxylic acids is 1. The summed E-state index contributed by atoms with van der Waals surface area (Å²) in [5.74, 6) is -1.01. The highest BCUT2D eigenvalue weighted by atomic mass is 35.5. The number of para-hydroxylation sites is 1. The highest BCUT2D eigenvalue weighted by Crippen LogP contribution is 2.42. The smallest absolute Gasteiger partial charge is 0.326 e. The van der Waals surface area contributed by atoms with Crippen molar-refractivity contribution in [2.75, 3.05) is 17.7 Å². The number of fused-ring (bicyclic) bond motifs is 1. The van der Waals surface area contributed by atoms with E-state index in [9.17, 15) is 14.7 Å². The molecule has 2 aromatic carbocycles. The quantitative estimate of drug-likeness (QED) is 0.718. The van der Waals surface area contributed by atoms with E-state index < -0.39 is 18.1 Å². The number of hydrogen-bond donors (Lipinski definition) is 3. The monoisotopic (exact) mass is 393 g/mol. The first-order valence-corrected chi connectivity index (χ1v) is 8.69. The second-order valence-electron chi connectivity index (χ2n) is 6.04. The number of carbonyl (C=O) groups is 2. The van der Waals surface area contributed by atoms with E-state index in [0.29, 0.717) is 27.0 Å². The molecule has 0 aliphatic carbocycles. The molecule has 0 unspecified atom stereocenters. The predicted octanol–water partition coefficient (Wildman–Crippen LogP) is 4.47. The van der Waals surface area contributed by atoms with Crippen LogP contribution in [-0.2, 0) is 4.79 Å². The van der Waals surface area contributed by atoms with E-state index in [-0.39, 0.29) is 12.5 Å². The van der Waals surface area contributed by atoms with Gasteiger partial charge in [-0.1, -0.05) is 41.4 Å². The molecule has 0 saturated heterocycles. The largest absolute Gasteiger partial charge is 0.480 e. The topological polar surface area (TPSA) is 81.7 Å². The second-order valence-corrected chi connectivity index (χ2v) is 6.89. The van der Waals surface area contributed by atoms with Gasteiger partial charge in [0.15, 0.2) is 0 Å². The Morgan fingerprint density at radius 2 is 1.92 bits per heavy atom. The van der Waals surface area contributed by atoms with Crippen LogP contribution < -0.4 is 10.6 Å². The van der Waals surface area contributed by atoms with Gasteiger partial charge in [-0.3, -0.25) is 0 Å². The molecule has 3 rings (SSSR count). The van der Waals surface area contributed by atoms with Gasteiger partial charge < -0.3 is 20.6 Å². The molecule has 136 valence electrons. The van der Waals surface area contributed by atoms with Crippen LogP contribution in [0.25, 0.3) is 0 Å². The second kappa shape index (κ2) is 7.43. The van der Waals surface area contributed by atoms with Crippen molar-refractivity contribution >= 4 is 46.6 Å². The molecular formula is C18H17Cl2N3O3. The Morgan fingerprint density at radius 3 is 2.58 bits per heavy atom. The van der Waals surface area contributed by atoms with Crippen molar-refractivity contribution in [2.45, 2.75) is 18.5 Å². The molecule has 1 aliphatic rings. The number of halogens is 2. The summed E-state index contributed by atoms with van der Waals surface area (Å²) < 4.78 is 0. The highest BCUT2D eigenvalue weighted by Gasteiger charge is 2.36. The van der Waals surface area contributed by atoms with Crippen molar-refractivity contribution in [3.8, 4) is 0 Å². The minimum atomic E-state index is -1.01. The van der Waals surface area contributed by atoms with Crippen LogP contribution in [0, 0.1) is 0 Å². The summed E-state index contributed by atoms with van der Waals surface area (Å²) in [6, 6.07) is 10.5. The van der Waals surface area contributed by atoms with E-state index in [2.05, 4.69) is 10.6 Å². The number of nitrogens with zero attached hydrogens (tertiary/aromatic N) is 1. The van der Waals surface area contributed by atoms with E-state index >= 15 is 0 Å². The zero-order valence-electron chi connectivity index (χ0n) is 13.9. The van der Waals surface area contributed by atoms with Gasteiger partial charge in [-0.15, -0.1) is 0 Å². The van der Waals surface area contributed by atoms with E-state index in [4.69, 9.17) is 23.2 Å². The number of hydrogen-bond acceptors (Lipinski definition) is 3. The standard InChI is InChI=1S/C18H17Cl2N3O3/c1-23(18(26)21-11-5-3-2-4-6-11)15-9-14(17(24)25)22-13-8-10(19)7-12(20)16(13)15/h2-8,14-15,22H,9H2,1H3,(H,21,26)(H,24,25)/t14-,15+/m1/s1. The summed E-state index contributed by atoms with van der Waals surface area (Å²) in [4.78, 5) is 25.6. The van der Waals surface area contributed by atoms with Gasteiger partial charge in [0.2, 0.25) is 0 Å². The Morgan fingerprint density at radius 1 is 1.23 bits per heavy atom. The summed E-state index contributed by atoms with van der Waals surface area (Å²) in [6.07, 6.45) is 0.183. The zero-order valence-corrected chi connectivity index (χ0v) is 15.4. The maximum atomic E-state index is 12.7. The Kier molecular flexibility index (Phi) is 5.25. The Labute approximate surface area is 160 Å². The lowest BCUT2D eigenvalue weighted by molar-refractivity contribution is -0.138. The molecule has 0 fully saturated rings. The van der Waals surface area contributed by atoms with Gasteiger partial charge in [0.05, 0.1) is 6.04 Å². The lowest BCUT2D eigenvalue weighted by Gasteiger charge is -2.37. The van der Waals surface area contributed by atoms with Crippen LogP contribution in [-0.4, -0.2) is 35.1 Å². The molecule has 2 atom stereocenters. The van der Waals surface area contributed by atoms with Gasteiger partial charge in [-0.2, -0.15) is 0 Å². The van der Waals surface area contributed by atoms with Crippen molar-refractivity contribution in [3.63, 3.8) is 0 Å². The molecular weight excluding hydrogens is 377 g/mol. The highest BCUT2D eigenvalue weighted by molar-refractivity contribution is 6.35. The molecule has 0 spiro atoms. The molecule has 0 radical (unpaired) electrons. The SMILES string of the molecule is CN(C(=O)Nc1ccccc1)[C@H]1C[C@H](C(=O)O)Nc2cc(Cl)cc(Cl)c21. The molecule has 0 saturated carbocycles. The summed E-state index contributed by atoms with van der Waals surface area (Å²) >= 11 is 12.4. The van der Waals surface area contributed by atoms with Crippen LogP contribution in [0.2, 0.25) is 10.0 Å². The summed E-state index contributed by atoms with van der Waals surface area (Å²) in [6.45, 7) is 0. The average molecular weight is 394 g/mol. The maximum absolute atomic E-state index is 12.7. The van der Waals surface area contributed by atoms with Crippen molar-refractivity contribution < 1.29 is 14.7 Å². The summed E-state index contributed by atoms with van der Waals surface area (Å²) in [5, 5.41) is 15.9. The van der Waals surface area contributed by atoms with Crippen molar-refractivity contribution in [1.82, 2.24) is 4.90 Å². The van der Waals surface area contributed by atoms with Crippen molar-refractivity contribution in [3.05, 3.63) is 58.1 Å². The minimum absolute atomic E-state index is 0.183. The van der Waals surface area contributed by atoms with Crippen LogP contribution in [0.4, 0.5) is 16.2 Å². The molecule has 3 N–H and O–H groups in total. The van der Waals surface area contributed by atoms with Crippen molar-refractivity contribution in [1.29, 1.82) is 0 Å². The number of urea groups is 1. The fourth-order valence-corrected chi connectivity index (χ4v) is 3.64. The normalized spacial score (nSPS) is 18.4. The van der Waals surface area contributed by atoms with Crippen LogP contribution in [0.3, 0.4) is 0 Å². The van der Waals surface area contributed by atoms with Gasteiger partial charge in [0.25, 0.3) is 0 Å². The number of anilines is 2. The zero-order chi connectivity index (χ0) is 18.8. The number of amides is 2. The van der Waals surface area contributed by atoms with Gasteiger partial charge in [0, 0.05) is 40.5 Å². The summed E-state index contributed by atoms with van der Waals surface area (Å²) in [5.41, 5.74) is 1.82. The predicted molar refractivity (Wildman–Crippen MR) is 102 cm³/mol. The van der Waals surface area contributed by atoms with E-state index in [0.717, 1.165) is 0 Å². The molecule has 0 bridgehead atoms. The van der Waals surface area contributed by atoms with Crippen LogP contribution in [0.5, 0.6) is 0 Å². The van der Waals surface area contributed by atoms with Gasteiger partial charge in [-0.25, -0.2) is 9.59 Å². The molecule has 0 aromatic heterocycles. The molecule has 1 heterocycles. The number of benzene rings is 2. The first kappa shape index (κ1) is 18.4. The minimum Gasteiger partial charge on any atom is -0.480 e. The van der Waals surface area contributed by atoms with Crippen LogP contribution in [0.1, 0.15) is 18.0 Å². The fourth-order valence-electron chi connectivity index (χ4n) is 3.02. The van der Waals surface area contributed by atoms with Gasteiger partial charge >= 0.3 is 12.0 Å². The van der Waals surface area contributed by atoms with E-state index in [1.165, 1.54) is 4.90 Å². The third-order valence-corrected chi connectivity index (χ3v) is 4.86. The lowest BCUT2D eigenvalue weighted by Crippen LogP contribution is -2.43. The molecule has 2 amide bonds. The molecule has 1 aliphatic heterocycles. The number of nitrogens with one attached hydrogen (secondary N) is 2. The Bertz CT molecular complexity index is 845. The first-order valence-electron chi connectivity index (χ1n) is 7.94. The van der Waals surface area contributed by atoms with Crippen LogP contribution >= 0.6 is 23.2 Å². The first-order chi connectivity index (χ1) is 12.4. The number of carboxylic acid groups (broad SMARTS) is 1. The Hall–Kier alpha value is -2.44. The van der Waals surface area contributed by atoms with E-state index in [1.54, 1.807) is 31.3 Å². The number of aliphatic carboxylic acids is 1. The third-order valence-electron chi connectivity index (χ3n) is 4.33. The van der Waals surface area contributed by atoms with E-state index in [1.807, 2.05) is 18.2 Å². The average Bonchev–Trinajstić information content (AvgIpc) is 2.60. The van der Waals surface area contributed by atoms with Crippen molar-refractivity contribution in [2.24, 2.45) is 0 Å². The Balaban J connectivity index is 1.92. The van der Waals surface area contributed by atoms with Gasteiger partial charge in [0.1, 0.15) is 6.04 Å². The third kappa shape index (κ3) is 3.71. The molecule has 8 heteroatoms. The molecule has 2 aromatic rings. The van der Waals surface area contributed by atoms with Crippen LogP contribution in [0.15, 0.2) is 42.5 Å². The molecule has 6 nitrogen and oxygen atoms in total. The number of carboxylic acids is 1. The summed E-state index contributed by atoms with van der Waals surface area (Å²) in [7, 11) is 1.61. The number of rotatable bonds is 3. The van der Waals surface area contributed by atoms with Gasteiger partial charge in [-0.05, 0) is 24.3 Å². The maximum Gasteiger partial charge on any atom is 0.326 e. The fraction of sp³-hybridized carbons (Fsp3) is 0.222.